The lowest BCUT2D eigenvalue weighted by Gasteiger charge is -2.27. The van der Waals surface area contributed by atoms with Crippen LogP contribution in [0.5, 0.6) is 0 Å². The van der Waals surface area contributed by atoms with Crippen LogP contribution in [0.25, 0.3) is 10.6 Å². The number of rotatable bonds is 5. The van der Waals surface area contributed by atoms with Crippen molar-refractivity contribution in [2.45, 2.75) is 13.5 Å². The molecule has 3 aromatic rings. The van der Waals surface area contributed by atoms with Gasteiger partial charge in [0, 0.05) is 19.6 Å². The Morgan fingerprint density at radius 3 is 2.89 bits per heavy atom. The molecule has 1 saturated heterocycles. The molecule has 1 fully saturated rings. The number of hydrogen-bond acceptors (Lipinski definition) is 6. The number of H-pyrrole nitrogens is 1. The summed E-state index contributed by atoms with van der Waals surface area (Å²) < 4.78 is 6.90. The van der Waals surface area contributed by atoms with Crippen molar-refractivity contribution in [1.29, 1.82) is 0 Å². The molecule has 28 heavy (non-hydrogen) atoms. The standard InChI is InChI=1S/C18H20N6O3S/c1-2-24-16(18(26)23-5-7-27-8-6-23)14(11-19-24)20-17(25)13-10-12(21-22-13)15-4-3-9-28-15/h3-4,9-11H,2,5-8H2,1H3,(H,20,25)(H,21,22). The first-order valence-electron chi connectivity index (χ1n) is 9.01. The summed E-state index contributed by atoms with van der Waals surface area (Å²) >= 11 is 1.56. The molecule has 0 atom stereocenters. The minimum Gasteiger partial charge on any atom is -0.378 e. The van der Waals surface area contributed by atoms with Crippen molar-refractivity contribution in [2.75, 3.05) is 31.6 Å². The van der Waals surface area contributed by atoms with Crippen LogP contribution in [-0.2, 0) is 11.3 Å². The van der Waals surface area contributed by atoms with E-state index < -0.39 is 5.91 Å². The number of thiophene rings is 1. The van der Waals surface area contributed by atoms with E-state index >= 15 is 0 Å². The first-order chi connectivity index (χ1) is 13.7. The van der Waals surface area contributed by atoms with Crippen LogP contribution in [0.2, 0.25) is 0 Å². The Morgan fingerprint density at radius 2 is 2.18 bits per heavy atom. The molecule has 0 unspecified atom stereocenters. The second kappa shape index (κ2) is 7.95. The number of carbonyl (C=O) groups excluding carboxylic acids is 2. The fourth-order valence-electron chi connectivity index (χ4n) is 3.04. The fraction of sp³-hybridized carbons (Fsp3) is 0.333. The quantitative estimate of drug-likeness (QED) is 0.682. The molecule has 4 heterocycles. The molecule has 4 rings (SSSR count). The van der Waals surface area contributed by atoms with E-state index in [-0.39, 0.29) is 11.6 Å². The van der Waals surface area contributed by atoms with Gasteiger partial charge in [-0.15, -0.1) is 11.3 Å². The summed E-state index contributed by atoms with van der Waals surface area (Å²) in [7, 11) is 0. The lowest BCUT2D eigenvalue weighted by Crippen LogP contribution is -2.41. The Balaban J connectivity index is 1.55. The van der Waals surface area contributed by atoms with E-state index in [1.54, 1.807) is 27.0 Å². The highest BCUT2D eigenvalue weighted by atomic mass is 32.1. The van der Waals surface area contributed by atoms with Crippen LogP contribution in [0.3, 0.4) is 0 Å². The van der Waals surface area contributed by atoms with Crippen LogP contribution in [0.1, 0.15) is 27.9 Å². The maximum atomic E-state index is 13.0. The zero-order chi connectivity index (χ0) is 19.5. The van der Waals surface area contributed by atoms with E-state index in [4.69, 9.17) is 4.74 Å². The summed E-state index contributed by atoms with van der Waals surface area (Å²) in [6.45, 7) is 4.47. The Morgan fingerprint density at radius 1 is 1.36 bits per heavy atom. The predicted octanol–water partition coefficient (Wildman–Crippen LogP) is 2.08. The molecule has 2 amide bonds. The van der Waals surface area contributed by atoms with Gasteiger partial charge in [-0.2, -0.15) is 10.2 Å². The smallest absolute Gasteiger partial charge is 0.276 e. The van der Waals surface area contributed by atoms with Gasteiger partial charge in [-0.05, 0) is 24.4 Å². The maximum Gasteiger partial charge on any atom is 0.276 e. The number of amides is 2. The molecule has 146 valence electrons. The van der Waals surface area contributed by atoms with Gasteiger partial charge in [0.15, 0.2) is 5.69 Å². The average Bonchev–Trinajstić information content (AvgIpc) is 3.47. The van der Waals surface area contributed by atoms with Gasteiger partial charge in [-0.1, -0.05) is 6.07 Å². The number of aromatic nitrogens is 4. The van der Waals surface area contributed by atoms with Crippen molar-refractivity contribution in [3.63, 3.8) is 0 Å². The number of ether oxygens (including phenoxy) is 1. The van der Waals surface area contributed by atoms with Crippen LogP contribution in [0.4, 0.5) is 5.69 Å². The molecule has 1 aliphatic rings. The van der Waals surface area contributed by atoms with Gasteiger partial charge in [0.05, 0.1) is 35.7 Å². The van der Waals surface area contributed by atoms with Crippen molar-refractivity contribution in [3.8, 4) is 10.6 Å². The number of hydrogen-bond donors (Lipinski definition) is 2. The third-order valence-electron chi connectivity index (χ3n) is 4.49. The van der Waals surface area contributed by atoms with Gasteiger partial charge in [-0.3, -0.25) is 19.4 Å². The minimum atomic E-state index is -0.397. The van der Waals surface area contributed by atoms with E-state index in [1.165, 1.54) is 6.20 Å². The summed E-state index contributed by atoms with van der Waals surface area (Å²) in [5, 5.41) is 15.9. The van der Waals surface area contributed by atoms with E-state index in [1.807, 2.05) is 24.4 Å². The van der Waals surface area contributed by atoms with Crippen molar-refractivity contribution in [2.24, 2.45) is 0 Å². The Labute approximate surface area is 165 Å². The van der Waals surface area contributed by atoms with Crippen LogP contribution >= 0.6 is 11.3 Å². The molecular formula is C18H20N6O3S. The van der Waals surface area contributed by atoms with Crippen LogP contribution in [0, 0.1) is 0 Å². The molecular weight excluding hydrogens is 380 g/mol. The molecule has 0 bridgehead atoms. The van der Waals surface area contributed by atoms with Gasteiger partial charge in [-0.25, -0.2) is 0 Å². The zero-order valence-corrected chi connectivity index (χ0v) is 16.2. The molecule has 0 aliphatic carbocycles. The summed E-state index contributed by atoms with van der Waals surface area (Å²) in [4.78, 5) is 28.4. The molecule has 9 nitrogen and oxygen atoms in total. The van der Waals surface area contributed by atoms with Gasteiger partial charge < -0.3 is 15.0 Å². The highest BCUT2D eigenvalue weighted by Crippen LogP contribution is 2.24. The largest absolute Gasteiger partial charge is 0.378 e. The maximum absolute atomic E-state index is 13.0. The highest BCUT2D eigenvalue weighted by molar-refractivity contribution is 7.13. The van der Waals surface area contributed by atoms with Crippen molar-refractivity contribution in [3.05, 3.63) is 41.2 Å². The number of morpholine rings is 1. The molecule has 0 radical (unpaired) electrons. The average molecular weight is 400 g/mol. The minimum absolute atomic E-state index is 0.167. The van der Waals surface area contributed by atoms with Crippen molar-refractivity contribution in [1.82, 2.24) is 24.9 Å². The van der Waals surface area contributed by atoms with Crippen LogP contribution in [-0.4, -0.2) is 63.0 Å². The summed E-state index contributed by atoms with van der Waals surface area (Å²) in [5.74, 6) is -0.565. The Kier molecular flexibility index (Phi) is 5.22. The summed E-state index contributed by atoms with van der Waals surface area (Å²) in [6.07, 6.45) is 1.50. The van der Waals surface area contributed by atoms with Crippen molar-refractivity contribution < 1.29 is 14.3 Å². The normalized spacial score (nSPS) is 14.2. The third kappa shape index (κ3) is 3.56. The van der Waals surface area contributed by atoms with E-state index in [0.29, 0.717) is 44.2 Å². The molecule has 10 heteroatoms. The SMILES string of the molecule is CCn1ncc(NC(=O)c2cc(-c3cccs3)[nH]n2)c1C(=O)N1CCOCC1. The third-order valence-corrected chi connectivity index (χ3v) is 5.39. The zero-order valence-electron chi connectivity index (χ0n) is 15.3. The summed E-state index contributed by atoms with van der Waals surface area (Å²) in [6, 6.07) is 5.57. The molecule has 2 N–H and O–H groups in total. The number of aromatic amines is 1. The van der Waals surface area contributed by atoms with Gasteiger partial charge >= 0.3 is 0 Å². The van der Waals surface area contributed by atoms with Crippen LogP contribution in [0.15, 0.2) is 29.8 Å². The van der Waals surface area contributed by atoms with E-state index in [9.17, 15) is 9.59 Å². The number of nitrogens with one attached hydrogen (secondary N) is 2. The van der Waals surface area contributed by atoms with E-state index in [2.05, 4.69) is 20.6 Å². The first kappa shape index (κ1) is 18.4. The Bertz CT molecular complexity index is 972. The molecule has 3 aromatic heterocycles. The monoisotopic (exact) mass is 400 g/mol. The molecule has 0 aromatic carbocycles. The topological polar surface area (TPSA) is 105 Å². The van der Waals surface area contributed by atoms with Gasteiger partial charge in [0.1, 0.15) is 5.69 Å². The highest BCUT2D eigenvalue weighted by Gasteiger charge is 2.26. The second-order valence-electron chi connectivity index (χ2n) is 6.23. The number of anilines is 1. The second-order valence-corrected chi connectivity index (χ2v) is 7.17. The first-order valence-corrected chi connectivity index (χ1v) is 9.88. The fourth-order valence-corrected chi connectivity index (χ4v) is 3.73. The molecule has 0 spiro atoms. The lowest BCUT2D eigenvalue weighted by atomic mass is 10.2. The summed E-state index contributed by atoms with van der Waals surface area (Å²) in [5.41, 5.74) is 1.77. The van der Waals surface area contributed by atoms with Crippen LogP contribution < -0.4 is 5.32 Å². The number of aryl methyl sites for hydroxylation is 1. The Hall–Kier alpha value is -2.98. The van der Waals surface area contributed by atoms with Crippen molar-refractivity contribution >= 4 is 28.8 Å². The van der Waals surface area contributed by atoms with Gasteiger partial charge in [0.25, 0.3) is 11.8 Å². The number of carbonyl (C=O) groups is 2. The van der Waals surface area contributed by atoms with E-state index in [0.717, 1.165) is 10.6 Å². The molecule has 0 saturated carbocycles. The number of nitrogens with zero attached hydrogens (tertiary/aromatic N) is 4. The molecule has 1 aliphatic heterocycles. The lowest BCUT2D eigenvalue weighted by molar-refractivity contribution is 0.0295. The predicted molar refractivity (Wildman–Crippen MR) is 104 cm³/mol. The van der Waals surface area contributed by atoms with Gasteiger partial charge in [0.2, 0.25) is 0 Å².